The lowest BCUT2D eigenvalue weighted by Crippen LogP contribution is -2.17. The van der Waals surface area contributed by atoms with Gasteiger partial charge in [0, 0.05) is 48.1 Å². The van der Waals surface area contributed by atoms with E-state index in [0.717, 1.165) is 11.4 Å². The minimum Gasteiger partial charge on any atom is -0.310 e. The van der Waals surface area contributed by atoms with Gasteiger partial charge in [-0.05, 0) is 133 Å². The van der Waals surface area contributed by atoms with Gasteiger partial charge in [0.1, 0.15) is 0 Å². The molecule has 0 saturated heterocycles. The van der Waals surface area contributed by atoms with Gasteiger partial charge >= 0.3 is 0 Å². The summed E-state index contributed by atoms with van der Waals surface area (Å²) in [6.45, 7) is 9.58. The van der Waals surface area contributed by atoms with Crippen molar-refractivity contribution >= 4 is 70.1 Å². The molecule has 1 heterocycles. The molecule has 2 aliphatic rings. The van der Waals surface area contributed by atoms with Crippen molar-refractivity contribution in [2.24, 2.45) is 0 Å². The number of hydrogen-bond acceptors (Lipinski definition) is 2. The lowest BCUT2D eigenvalue weighted by atomic mass is 9.80. The Morgan fingerprint density at radius 2 is 1.04 bits per heavy atom. The van der Waals surface area contributed by atoms with Crippen LogP contribution in [-0.2, 0) is 10.8 Å². The van der Waals surface area contributed by atoms with E-state index in [-0.39, 0.29) is 10.8 Å². The Labute approximate surface area is 308 Å². The molecule has 2 aliphatic carbocycles. The quantitative estimate of drug-likeness (QED) is 0.179. The number of hydrogen-bond donors (Lipinski definition) is 0. The molecule has 0 amide bonds. The number of nitrogens with zero attached hydrogens (tertiary/aromatic N) is 1. The number of anilines is 3. The standard InChI is InChI=1S/C50H37NS/c1-49(2)44-27-35(20-23-37(44)41-29-47-42(28-45(41)49)38-16-10-11-17-46(38)52-47)51(33-14-6-5-7-15-33)34-19-22-36-32(24-34)18-21-39-40-25-30-12-8-9-13-31(30)26-43(40)50(3,4)48(36)39/h5-29H,1-4H3. The summed E-state index contributed by atoms with van der Waals surface area (Å²) in [6.07, 6.45) is 0. The van der Waals surface area contributed by atoms with Crippen molar-refractivity contribution < 1.29 is 0 Å². The molecule has 0 bridgehead atoms. The van der Waals surface area contributed by atoms with Crippen LogP contribution in [0.3, 0.4) is 0 Å². The summed E-state index contributed by atoms with van der Waals surface area (Å²) in [7, 11) is 0. The molecule has 0 atom stereocenters. The molecule has 248 valence electrons. The van der Waals surface area contributed by atoms with Gasteiger partial charge in [0.05, 0.1) is 0 Å². The van der Waals surface area contributed by atoms with E-state index < -0.39 is 0 Å². The van der Waals surface area contributed by atoms with Gasteiger partial charge in [-0.3, -0.25) is 0 Å². The Morgan fingerprint density at radius 3 is 1.88 bits per heavy atom. The molecule has 2 heteroatoms. The van der Waals surface area contributed by atoms with Gasteiger partial charge in [0.2, 0.25) is 0 Å². The average molecular weight is 684 g/mol. The van der Waals surface area contributed by atoms with E-state index in [9.17, 15) is 0 Å². The first kappa shape index (κ1) is 30.0. The Balaban J connectivity index is 1.06. The van der Waals surface area contributed by atoms with Crippen molar-refractivity contribution in [3.05, 3.63) is 174 Å². The van der Waals surface area contributed by atoms with Crippen LogP contribution in [0.2, 0.25) is 0 Å². The summed E-state index contributed by atoms with van der Waals surface area (Å²) in [6, 6.07) is 57.1. The number of benzene rings is 8. The van der Waals surface area contributed by atoms with E-state index in [2.05, 4.69) is 184 Å². The highest BCUT2D eigenvalue weighted by atomic mass is 32.1. The number of thiophene rings is 1. The average Bonchev–Trinajstić information content (AvgIpc) is 3.72. The monoisotopic (exact) mass is 683 g/mol. The second kappa shape index (κ2) is 10.4. The fourth-order valence-electron chi connectivity index (χ4n) is 9.57. The van der Waals surface area contributed by atoms with Crippen molar-refractivity contribution in [1.82, 2.24) is 0 Å². The molecule has 8 aromatic carbocycles. The molecule has 0 unspecified atom stereocenters. The zero-order valence-corrected chi connectivity index (χ0v) is 30.6. The van der Waals surface area contributed by atoms with E-state index in [1.807, 2.05) is 11.3 Å². The Hall–Kier alpha value is -5.70. The summed E-state index contributed by atoms with van der Waals surface area (Å²) >= 11 is 1.90. The lowest BCUT2D eigenvalue weighted by Gasteiger charge is -2.29. The fraction of sp³-hybridized carbons (Fsp3) is 0.120. The van der Waals surface area contributed by atoms with Gasteiger partial charge < -0.3 is 4.90 Å². The molecule has 0 fully saturated rings. The summed E-state index contributed by atoms with van der Waals surface area (Å²) in [5.41, 5.74) is 14.4. The van der Waals surface area contributed by atoms with E-state index in [0.29, 0.717) is 0 Å². The van der Waals surface area contributed by atoms with Crippen LogP contribution in [0, 0.1) is 0 Å². The molecule has 0 radical (unpaired) electrons. The van der Waals surface area contributed by atoms with Gasteiger partial charge in [-0.25, -0.2) is 0 Å². The van der Waals surface area contributed by atoms with Crippen molar-refractivity contribution in [3.63, 3.8) is 0 Å². The molecular formula is C50H37NS. The van der Waals surface area contributed by atoms with Crippen LogP contribution in [0.1, 0.15) is 49.9 Å². The van der Waals surface area contributed by atoms with Gasteiger partial charge in [0.15, 0.2) is 0 Å². The third kappa shape index (κ3) is 4.04. The maximum absolute atomic E-state index is 2.47. The summed E-state index contributed by atoms with van der Waals surface area (Å²) in [5, 5.41) is 7.93. The Bertz CT molecular complexity index is 2960. The number of rotatable bonds is 3. The van der Waals surface area contributed by atoms with E-state index in [4.69, 9.17) is 0 Å². The first-order chi connectivity index (χ1) is 25.3. The van der Waals surface area contributed by atoms with Crippen molar-refractivity contribution in [3.8, 4) is 22.3 Å². The molecule has 0 spiro atoms. The molecule has 52 heavy (non-hydrogen) atoms. The van der Waals surface area contributed by atoms with E-state index in [1.165, 1.54) is 91.9 Å². The second-order valence-corrected chi connectivity index (χ2v) is 16.9. The Kier molecular flexibility index (Phi) is 6.02. The summed E-state index contributed by atoms with van der Waals surface area (Å²) in [4.78, 5) is 2.44. The van der Waals surface area contributed by atoms with Crippen LogP contribution < -0.4 is 4.90 Å². The van der Waals surface area contributed by atoms with Gasteiger partial charge in [-0.2, -0.15) is 0 Å². The normalized spacial score (nSPS) is 14.8. The highest BCUT2D eigenvalue weighted by Crippen LogP contribution is 2.55. The van der Waals surface area contributed by atoms with Gasteiger partial charge in [-0.1, -0.05) is 113 Å². The van der Waals surface area contributed by atoms with Crippen LogP contribution in [-0.4, -0.2) is 0 Å². The van der Waals surface area contributed by atoms with Crippen molar-refractivity contribution in [2.45, 2.75) is 38.5 Å². The predicted octanol–water partition coefficient (Wildman–Crippen LogP) is 14.4. The van der Waals surface area contributed by atoms with Crippen LogP contribution in [0.5, 0.6) is 0 Å². The Morgan fingerprint density at radius 1 is 0.385 bits per heavy atom. The maximum atomic E-state index is 2.47. The number of fused-ring (bicyclic) bond motifs is 12. The third-order valence-corrected chi connectivity index (χ3v) is 13.3. The largest absolute Gasteiger partial charge is 0.310 e. The molecule has 0 saturated carbocycles. The molecule has 0 N–H and O–H groups in total. The van der Waals surface area contributed by atoms with Crippen LogP contribution in [0.15, 0.2) is 152 Å². The zero-order chi connectivity index (χ0) is 34.9. The molecule has 11 rings (SSSR count). The van der Waals surface area contributed by atoms with Crippen molar-refractivity contribution in [1.29, 1.82) is 0 Å². The summed E-state index contributed by atoms with van der Waals surface area (Å²) < 4.78 is 2.72. The molecule has 1 nitrogen and oxygen atoms in total. The first-order valence-corrected chi connectivity index (χ1v) is 19.2. The topological polar surface area (TPSA) is 3.24 Å². The number of para-hydroxylation sites is 1. The van der Waals surface area contributed by atoms with Crippen LogP contribution in [0.25, 0.3) is 64.0 Å². The van der Waals surface area contributed by atoms with E-state index in [1.54, 1.807) is 0 Å². The van der Waals surface area contributed by atoms with Crippen molar-refractivity contribution in [2.75, 3.05) is 4.90 Å². The molecular weight excluding hydrogens is 647 g/mol. The summed E-state index contributed by atoms with van der Waals surface area (Å²) in [5.74, 6) is 0. The zero-order valence-electron chi connectivity index (χ0n) is 29.8. The maximum Gasteiger partial charge on any atom is 0.0468 e. The van der Waals surface area contributed by atoms with E-state index >= 15 is 0 Å². The third-order valence-electron chi connectivity index (χ3n) is 12.2. The highest BCUT2D eigenvalue weighted by molar-refractivity contribution is 7.25. The SMILES string of the molecule is CC1(C)c2cc(N(c3ccccc3)c3ccc4c5c(ccc4c3)-c3cc4ccccc4cc3C5(C)C)ccc2-c2cc3sc4ccccc4c3cc21. The lowest BCUT2D eigenvalue weighted by molar-refractivity contribution is 0.661. The van der Waals surface area contributed by atoms with Crippen LogP contribution in [0.4, 0.5) is 17.1 Å². The van der Waals surface area contributed by atoms with Crippen LogP contribution >= 0.6 is 11.3 Å². The smallest absolute Gasteiger partial charge is 0.0468 e. The minimum absolute atomic E-state index is 0.101. The van der Waals surface area contributed by atoms with Gasteiger partial charge in [-0.15, -0.1) is 11.3 Å². The molecule has 0 aliphatic heterocycles. The minimum atomic E-state index is -0.129. The fourth-order valence-corrected chi connectivity index (χ4v) is 10.7. The molecule has 9 aromatic rings. The van der Waals surface area contributed by atoms with Gasteiger partial charge in [0.25, 0.3) is 0 Å². The second-order valence-electron chi connectivity index (χ2n) is 15.8. The highest BCUT2D eigenvalue weighted by Gasteiger charge is 2.38. The predicted molar refractivity (Wildman–Crippen MR) is 224 cm³/mol. The molecule has 1 aromatic heterocycles. The first-order valence-electron chi connectivity index (χ1n) is 18.3.